The number of nitrogens with zero attached hydrogens (tertiary/aromatic N) is 1. The molecule has 2 aromatic carbocycles. The van der Waals surface area contributed by atoms with Gasteiger partial charge in [-0.2, -0.15) is 0 Å². The molecule has 6 heteroatoms. The quantitative estimate of drug-likeness (QED) is 0.539. The van der Waals surface area contributed by atoms with Crippen LogP contribution in [0.3, 0.4) is 0 Å². The molecule has 0 spiro atoms. The van der Waals surface area contributed by atoms with Gasteiger partial charge < -0.3 is 19.5 Å². The zero-order valence-electron chi connectivity index (χ0n) is 17.4. The van der Waals surface area contributed by atoms with Crippen LogP contribution in [0, 0.1) is 5.92 Å². The molecular weight excluding hydrogens is 382 g/mol. The number of amides is 1. The van der Waals surface area contributed by atoms with Gasteiger partial charge in [-0.1, -0.05) is 26.2 Å². The summed E-state index contributed by atoms with van der Waals surface area (Å²) in [6.07, 6.45) is 5.12. The van der Waals surface area contributed by atoms with E-state index in [4.69, 9.17) is 14.6 Å². The summed E-state index contributed by atoms with van der Waals surface area (Å²) in [6.45, 7) is 3.92. The van der Waals surface area contributed by atoms with Gasteiger partial charge in [0.05, 0.1) is 18.8 Å². The summed E-state index contributed by atoms with van der Waals surface area (Å²) in [5, 5.41) is 8.94. The molecule has 1 N–H and O–H groups in total. The Bertz CT molecular complexity index is 832. The van der Waals surface area contributed by atoms with E-state index in [0.29, 0.717) is 25.3 Å². The Morgan fingerprint density at radius 2 is 1.67 bits per heavy atom. The molecule has 1 heterocycles. The lowest BCUT2D eigenvalue weighted by atomic mass is 10.1. The summed E-state index contributed by atoms with van der Waals surface area (Å²) < 4.78 is 11.5. The Kier molecular flexibility index (Phi) is 7.71. The minimum atomic E-state index is -0.966. The number of carboxylic acid groups (broad SMARTS) is 1. The first kappa shape index (κ1) is 21.7. The van der Waals surface area contributed by atoms with Crippen LogP contribution in [0.15, 0.2) is 48.5 Å². The number of carbonyl (C=O) groups excluding carboxylic acids is 1. The number of hydrogen-bond acceptors (Lipinski definition) is 4. The minimum Gasteiger partial charge on any atom is -0.494 e. The molecule has 160 valence electrons. The number of benzene rings is 2. The smallest absolute Gasteiger partial charge is 0.335 e. The number of aromatic carboxylic acids is 1. The number of unbranched alkanes of at least 4 members (excludes halogenated alkanes) is 3. The third-order valence-corrected chi connectivity index (χ3v) is 5.21. The standard InChI is InChI=1S/C24H29NO5/c1-2-3-4-5-14-29-21-12-8-20(9-13-21)25-16-18(15-23(25)26)17-30-22-10-6-19(7-11-22)24(27)28/h6-13,18H,2-5,14-17H2,1H3,(H,27,28). The van der Waals surface area contributed by atoms with Crippen molar-refractivity contribution >= 4 is 17.6 Å². The van der Waals surface area contributed by atoms with E-state index in [1.165, 1.54) is 31.4 Å². The van der Waals surface area contributed by atoms with Gasteiger partial charge in [-0.05, 0) is 55.0 Å². The monoisotopic (exact) mass is 411 g/mol. The molecule has 0 bridgehead atoms. The summed E-state index contributed by atoms with van der Waals surface area (Å²) in [7, 11) is 0. The minimum absolute atomic E-state index is 0.0815. The van der Waals surface area contributed by atoms with Crippen molar-refractivity contribution in [2.75, 3.05) is 24.7 Å². The van der Waals surface area contributed by atoms with Crippen molar-refractivity contribution in [2.24, 2.45) is 5.92 Å². The highest BCUT2D eigenvalue weighted by Gasteiger charge is 2.31. The molecule has 0 aromatic heterocycles. The predicted molar refractivity (Wildman–Crippen MR) is 115 cm³/mol. The van der Waals surface area contributed by atoms with Crippen LogP contribution in [-0.4, -0.2) is 36.7 Å². The second-order valence-electron chi connectivity index (χ2n) is 7.62. The lowest BCUT2D eigenvalue weighted by Crippen LogP contribution is -2.25. The third kappa shape index (κ3) is 5.99. The molecule has 0 radical (unpaired) electrons. The third-order valence-electron chi connectivity index (χ3n) is 5.21. The number of carboxylic acids is 1. The van der Waals surface area contributed by atoms with E-state index < -0.39 is 5.97 Å². The maximum atomic E-state index is 12.4. The fourth-order valence-electron chi connectivity index (χ4n) is 3.49. The summed E-state index contributed by atoms with van der Waals surface area (Å²) >= 11 is 0. The summed E-state index contributed by atoms with van der Waals surface area (Å²) in [5.41, 5.74) is 1.09. The summed E-state index contributed by atoms with van der Waals surface area (Å²) in [5.74, 6) is 0.633. The molecule has 0 saturated carbocycles. The molecule has 3 rings (SSSR count). The number of carbonyl (C=O) groups is 2. The first-order valence-electron chi connectivity index (χ1n) is 10.6. The number of rotatable bonds is 11. The van der Waals surface area contributed by atoms with Crippen molar-refractivity contribution in [3.8, 4) is 11.5 Å². The maximum absolute atomic E-state index is 12.4. The van der Waals surface area contributed by atoms with Crippen molar-refractivity contribution in [3.05, 3.63) is 54.1 Å². The first-order chi connectivity index (χ1) is 14.6. The van der Waals surface area contributed by atoms with Gasteiger partial charge in [0.25, 0.3) is 0 Å². The van der Waals surface area contributed by atoms with E-state index in [1.54, 1.807) is 17.0 Å². The topological polar surface area (TPSA) is 76.1 Å². The van der Waals surface area contributed by atoms with Gasteiger partial charge in [0, 0.05) is 24.6 Å². The van der Waals surface area contributed by atoms with E-state index in [-0.39, 0.29) is 17.4 Å². The largest absolute Gasteiger partial charge is 0.494 e. The van der Waals surface area contributed by atoms with E-state index >= 15 is 0 Å². The highest BCUT2D eigenvalue weighted by Crippen LogP contribution is 2.27. The van der Waals surface area contributed by atoms with Gasteiger partial charge in [0.2, 0.25) is 5.91 Å². The Morgan fingerprint density at radius 1 is 1.00 bits per heavy atom. The Hall–Kier alpha value is -3.02. The molecule has 2 aromatic rings. The van der Waals surface area contributed by atoms with Crippen LogP contribution < -0.4 is 14.4 Å². The predicted octanol–water partition coefficient (Wildman–Crippen LogP) is 4.78. The molecule has 6 nitrogen and oxygen atoms in total. The van der Waals surface area contributed by atoms with Gasteiger partial charge >= 0.3 is 5.97 Å². The fraction of sp³-hybridized carbons (Fsp3) is 0.417. The number of hydrogen-bond donors (Lipinski definition) is 1. The van der Waals surface area contributed by atoms with Crippen molar-refractivity contribution in [2.45, 2.75) is 39.0 Å². The summed E-state index contributed by atoms with van der Waals surface area (Å²) in [4.78, 5) is 25.1. The molecular formula is C24H29NO5. The molecule has 1 amide bonds. The highest BCUT2D eigenvalue weighted by molar-refractivity contribution is 5.95. The van der Waals surface area contributed by atoms with Crippen molar-refractivity contribution < 1.29 is 24.2 Å². The highest BCUT2D eigenvalue weighted by atomic mass is 16.5. The molecule has 30 heavy (non-hydrogen) atoms. The van der Waals surface area contributed by atoms with Gasteiger partial charge in [-0.25, -0.2) is 4.79 Å². The lowest BCUT2D eigenvalue weighted by Gasteiger charge is -2.17. The molecule has 1 saturated heterocycles. The SMILES string of the molecule is CCCCCCOc1ccc(N2CC(COc3ccc(C(=O)O)cc3)CC2=O)cc1. The second-order valence-corrected chi connectivity index (χ2v) is 7.62. The van der Waals surface area contributed by atoms with E-state index in [9.17, 15) is 9.59 Å². The van der Waals surface area contributed by atoms with Gasteiger partial charge in [0.15, 0.2) is 0 Å². The van der Waals surface area contributed by atoms with E-state index in [2.05, 4.69) is 6.92 Å². The van der Waals surface area contributed by atoms with E-state index in [1.807, 2.05) is 24.3 Å². The zero-order chi connectivity index (χ0) is 21.3. The molecule has 1 aliphatic heterocycles. The zero-order valence-corrected chi connectivity index (χ0v) is 17.4. The Labute approximate surface area is 177 Å². The van der Waals surface area contributed by atoms with E-state index in [0.717, 1.165) is 24.5 Å². The molecule has 1 aliphatic rings. The molecule has 1 fully saturated rings. The Morgan fingerprint density at radius 3 is 2.33 bits per heavy atom. The van der Waals surface area contributed by atoms with Gasteiger partial charge in [-0.15, -0.1) is 0 Å². The van der Waals surface area contributed by atoms with Gasteiger partial charge in [0.1, 0.15) is 11.5 Å². The number of ether oxygens (including phenoxy) is 2. The lowest BCUT2D eigenvalue weighted by molar-refractivity contribution is -0.117. The maximum Gasteiger partial charge on any atom is 0.335 e. The average molecular weight is 411 g/mol. The van der Waals surface area contributed by atoms with Crippen LogP contribution in [0.4, 0.5) is 5.69 Å². The van der Waals surface area contributed by atoms with Crippen molar-refractivity contribution in [1.82, 2.24) is 0 Å². The molecule has 1 atom stereocenters. The van der Waals surface area contributed by atoms with Crippen LogP contribution in [-0.2, 0) is 4.79 Å². The van der Waals surface area contributed by atoms with Crippen LogP contribution >= 0.6 is 0 Å². The van der Waals surface area contributed by atoms with Crippen LogP contribution in [0.25, 0.3) is 0 Å². The van der Waals surface area contributed by atoms with Crippen LogP contribution in [0.5, 0.6) is 11.5 Å². The molecule has 1 unspecified atom stereocenters. The van der Waals surface area contributed by atoms with Gasteiger partial charge in [-0.3, -0.25) is 4.79 Å². The van der Waals surface area contributed by atoms with Crippen molar-refractivity contribution in [3.63, 3.8) is 0 Å². The first-order valence-corrected chi connectivity index (χ1v) is 10.6. The Balaban J connectivity index is 1.47. The normalized spacial score (nSPS) is 16.0. The van der Waals surface area contributed by atoms with Crippen LogP contribution in [0.1, 0.15) is 49.4 Å². The summed E-state index contributed by atoms with van der Waals surface area (Å²) in [6, 6.07) is 14.0. The van der Waals surface area contributed by atoms with Crippen molar-refractivity contribution in [1.29, 1.82) is 0 Å². The van der Waals surface area contributed by atoms with Crippen LogP contribution in [0.2, 0.25) is 0 Å². The fourth-order valence-corrected chi connectivity index (χ4v) is 3.49. The molecule has 0 aliphatic carbocycles. The average Bonchev–Trinajstić information content (AvgIpc) is 3.13. The second kappa shape index (κ2) is 10.7. The number of anilines is 1.